The van der Waals surface area contributed by atoms with Gasteiger partial charge >= 0.3 is 6.18 Å². The van der Waals surface area contributed by atoms with Gasteiger partial charge in [-0.2, -0.15) is 13.2 Å². The molecule has 1 fully saturated rings. The van der Waals surface area contributed by atoms with Crippen LogP contribution in [0, 0.1) is 6.92 Å². The van der Waals surface area contributed by atoms with Crippen LogP contribution >= 0.6 is 0 Å². The Kier molecular flexibility index (Phi) is 2.29. The number of anilines is 2. The molecule has 0 amide bonds. The van der Waals surface area contributed by atoms with Crippen LogP contribution < -0.4 is 11.1 Å². The lowest BCUT2D eigenvalue weighted by Gasteiger charge is -2.23. The lowest BCUT2D eigenvalue weighted by atomic mass is 10.1. The van der Waals surface area contributed by atoms with Gasteiger partial charge in [0.25, 0.3) is 0 Å². The van der Waals surface area contributed by atoms with Crippen LogP contribution in [0.2, 0.25) is 0 Å². The Bertz CT molecular complexity index is 408. The van der Waals surface area contributed by atoms with Gasteiger partial charge in [0.1, 0.15) is 5.54 Å². The zero-order chi connectivity index (χ0) is 12.0. The quantitative estimate of drug-likeness (QED) is 0.766. The second-order valence-corrected chi connectivity index (χ2v) is 4.28. The van der Waals surface area contributed by atoms with Crippen molar-refractivity contribution in [3.05, 3.63) is 23.8 Å². The SMILES string of the molecule is Cc1cc(N)ccc1NC1(C(F)(F)F)CC1. The normalized spacial score (nSPS) is 18.2. The highest BCUT2D eigenvalue weighted by Gasteiger charge is 2.63. The van der Waals surface area contributed by atoms with Crippen LogP contribution in [0.15, 0.2) is 18.2 Å². The molecule has 0 atom stereocenters. The molecular weight excluding hydrogens is 217 g/mol. The van der Waals surface area contributed by atoms with Gasteiger partial charge in [-0.25, -0.2) is 0 Å². The second kappa shape index (κ2) is 3.30. The minimum absolute atomic E-state index is 0.139. The smallest absolute Gasteiger partial charge is 0.399 e. The number of nitrogen functional groups attached to an aromatic ring is 1. The monoisotopic (exact) mass is 230 g/mol. The van der Waals surface area contributed by atoms with Crippen LogP contribution in [0.5, 0.6) is 0 Å². The summed E-state index contributed by atoms with van der Waals surface area (Å²) in [6.45, 7) is 1.74. The van der Waals surface area contributed by atoms with Crippen molar-refractivity contribution in [2.75, 3.05) is 11.1 Å². The maximum Gasteiger partial charge on any atom is 0.411 e. The summed E-state index contributed by atoms with van der Waals surface area (Å²) in [4.78, 5) is 0. The van der Waals surface area contributed by atoms with E-state index in [-0.39, 0.29) is 12.8 Å². The molecular formula is C11H13F3N2. The van der Waals surface area contributed by atoms with Crippen LogP contribution in [0.3, 0.4) is 0 Å². The molecule has 1 saturated carbocycles. The first-order valence-corrected chi connectivity index (χ1v) is 5.05. The van der Waals surface area contributed by atoms with Crippen molar-refractivity contribution < 1.29 is 13.2 Å². The molecule has 2 nitrogen and oxygen atoms in total. The molecule has 0 aromatic heterocycles. The van der Waals surface area contributed by atoms with Gasteiger partial charge in [0.2, 0.25) is 0 Å². The minimum Gasteiger partial charge on any atom is -0.399 e. The molecule has 0 aliphatic heterocycles. The molecule has 1 aromatic rings. The zero-order valence-electron chi connectivity index (χ0n) is 8.86. The van der Waals surface area contributed by atoms with Gasteiger partial charge in [-0.1, -0.05) is 0 Å². The maximum atomic E-state index is 12.7. The molecule has 88 valence electrons. The fraction of sp³-hybridized carbons (Fsp3) is 0.455. The predicted molar refractivity (Wildman–Crippen MR) is 57.2 cm³/mol. The number of hydrogen-bond donors (Lipinski definition) is 2. The van der Waals surface area contributed by atoms with E-state index in [1.54, 1.807) is 25.1 Å². The summed E-state index contributed by atoms with van der Waals surface area (Å²) in [5.74, 6) is 0. The molecule has 0 spiro atoms. The Morgan fingerprint density at radius 2 is 1.94 bits per heavy atom. The van der Waals surface area contributed by atoms with E-state index in [4.69, 9.17) is 5.73 Å². The van der Waals surface area contributed by atoms with Crippen LogP contribution in [0.1, 0.15) is 18.4 Å². The van der Waals surface area contributed by atoms with Gasteiger partial charge in [-0.05, 0) is 43.5 Å². The minimum atomic E-state index is -4.19. The number of nitrogens with two attached hydrogens (primary N) is 1. The third-order valence-electron chi connectivity index (χ3n) is 2.92. The maximum absolute atomic E-state index is 12.7. The van der Waals surface area contributed by atoms with Gasteiger partial charge in [-0.3, -0.25) is 0 Å². The van der Waals surface area contributed by atoms with E-state index < -0.39 is 11.7 Å². The molecule has 1 aromatic carbocycles. The van der Waals surface area contributed by atoms with Crippen LogP contribution in [0.4, 0.5) is 24.5 Å². The van der Waals surface area contributed by atoms with Gasteiger partial charge in [0.05, 0.1) is 0 Å². The Morgan fingerprint density at radius 1 is 1.31 bits per heavy atom. The standard InChI is InChI=1S/C11H13F3N2/c1-7-6-8(15)2-3-9(7)16-10(4-5-10)11(12,13)14/h2-3,6,16H,4-5,15H2,1H3. The number of hydrogen-bond acceptors (Lipinski definition) is 2. The topological polar surface area (TPSA) is 38.0 Å². The van der Waals surface area contributed by atoms with Crippen molar-refractivity contribution in [1.29, 1.82) is 0 Å². The van der Waals surface area contributed by atoms with E-state index in [9.17, 15) is 13.2 Å². The molecule has 16 heavy (non-hydrogen) atoms. The fourth-order valence-corrected chi connectivity index (χ4v) is 1.69. The molecule has 1 aliphatic carbocycles. The third kappa shape index (κ3) is 1.81. The highest BCUT2D eigenvalue weighted by atomic mass is 19.4. The summed E-state index contributed by atoms with van der Waals surface area (Å²) in [5.41, 5.74) is 5.62. The van der Waals surface area contributed by atoms with Crippen molar-refractivity contribution in [2.45, 2.75) is 31.5 Å². The summed E-state index contributed by atoms with van der Waals surface area (Å²) < 4.78 is 38.1. The summed E-state index contributed by atoms with van der Waals surface area (Å²) in [6, 6.07) is 4.85. The Morgan fingerprint density at radius 3 is 2.38 bits per heavy atom. The largest absolute Gasteiger partial charge is 0.411 e. The number of aryl methyl sites for hydroxylation is 1. The molecule has 2 rings (SSSR count). The summed E-state index contributed by atoms with van der Waals surface area (Å²) in [6.07, 6.45) is -3.92. The van der Waals surface area contributed by atoms with E-state index in [1.807, 2.05) is 0 Å². The van der Waals surface area contributed by atoms with Crippen molar-refractivity contribution in [2.24, 2.45) is 0 Å². The van der Waals surface area contributed by atoms with Gasteiger partial charge < -0.3 is 11.1 Å². The lowest BCUT2D eigenvalue weighted by Crippen LogP contribution is -2.38. The van der Waals surface area contributed by atoms with Crippen LogP contribution in [-0.4, -0.2) is 11.7 Å². The van der Waals surface area contributed by atoms with Crippen molar-refractivity contribution in [3.63, 3.8) is 0 Å². The molecule has 0 saturated heterocycles. The zero-order valence-corrected chi connectivity index (χ0v) is 8.86. The van der Waals surface area contributed by atoms with Crippen LogP contribution in [0.25, 0.3) is 0 Å². The van der Waals surface area contributed by atoms with E-state index in [2.05, 4.69) is 5.32 Å². The van der Waals surface area contributed by atoms with E-state index in [0.29, 0.717) is 11.4 Å². The molecule has 0 unspecified atom stereocenters. The number of benzene rings is 1. The van der Waals surface area contributed by atoms with Crippen molar-refractivity contribution >= 4 is 11.4 Å². The highest BCUT2D eigenvalue weighted by Crippen LogP contribution is 2.51. The van der Waals surface area contributed by atoms with Gasteiger partial charge in [0, 0.05) is 11.4 Å². The molecule has 0 radical (unpaired) electrons. The predicted octanol–water partition coefficient (Wildman–Crippen LogP) is 3.08. The molecule has 0 bridgehead atoms. The Labute approximate surface area is 91.6 Å². The summed E-state index contributed by atoms with van der Waals surface area (Å²) in [5, 5.41) is 2.58. The molecule has 0 heterocycles. The molecule has 1 aliphatic rings. The molecule has 3 N–H and O–H groups in total. The number of halogens is 3. The number of rotatable bonds is 2. The van der Waals surface area contributed by atoms with Crippen molar-refractivity contribution in [1.82, 2.24) is 0 Å². The fourth-order valence-electron chi connectivity index (χ4n) is 1.69. The van der Waals surface area contributed by atoms with E-state index in [1.165, 1.54) is 0 Å². The average molecular weight is 230 g/mol. The first kappa shape index (κ1) is 11.1. The highest BCUT2D eigenvalue weighted by molar-refractivity contribution is 5.59. The first-order chi connectivity index (χ1) is 7.34. The summed E-state index contributed by atoms with van der Waals surface area (Å²) in [7, 11) is 0. The Balaban J connectivity index is 2.22. The van der Waals surface area contributed by atoms with Crippen LogP contribution in [-0.2, 0) is 0 Å². The second-order valence-electron chi connectivity index (χ2n) is 4.28. The third-order valence-corrected chi connectivity index (χ3v) is 2.92. The summed E-state index contributed by atoms with van der Waals surface area (Å²) >= 11 is 0. The van der Waals surface area contributed by atoms with Gasteiger partial charge in [0.15, 0.2) is 0 Å². The average Bonchev–Trinajstić information content (AvgIpc) is 2.90. The van der Waals surface area contributed by atoms with Crippen molar-refractivity contribution in [3.8, 4) is 0 Å². The van der Waals surface area contributed by atoms with E-state index in [0.717, 1.165) is 5.56 Å². The first-order valence-electron chi connectivity index (χ1n) is 5.05. The number of alkyl halides is 3. The van der Waals surface area contributed by atoms with Gasteiger partial charge in [-0.15, -0.1) is 0 Å². The molecule has 5 heteroatoms. The number of nitrogens with one attached hydrogen (secondary N) is 1. The Hall–Kier alpha value is -1.39. The lowest BCUT2D eigenvalue weighted by molar-refractivity contribution is -0.151. The van der Waals surface area contributed by atoms with E-state index >= 15 is 0 Å².